The number of nitrogens with zero attached hydrogens (tertiary/aromatic N) is 3. The number of hydrogen-bond acceptors (Lipinski definition) is 7. The van der Waals surface area contributed by atoms with Gasteiger partial charge in [0.05, 0.1) is 34.8 Å². The maximum absolute atomic E-state index is 13.3. The van der Waals surface area contributed by atoms with Crippen LogP contribution in [0.1, 0.15) is 46.0 Å². The fourth-order valence-electron chi connectivity index (χ4n) is 3.25. The van der Waals surface area contributed by atoms with Crippen LogP contribution in [0.5, 0.6) is 11.5 Å². The summed E-state index contributed by atoms with van der Waals surface area (Å²) in [4.78, 5) is 29.9. The monoisotopic (exact) mass is 607 g/mol. The third kappa shape index (κ3) is 6.49. The topological polar surface area (TPSA) is 92.0 Å². The van der Waals surface area contributed by atoms with E-state index >= 15 is 0 Å². The number of fused-ring (bicyclic) bond motifs is 1. The van der Waals surface area contributed by atoms with Crippen LogP contribution in [0.3, 0.4) is 0 Å². The van der Waals surface area contributed by atoms with E-state index < -0.39 is 11.4 Å². The zero-order chi connectivity index (χ0) is 25.9. The summed E-state index contributed by atoms with van der Waals surface area (Å²) in [6.07, 6.45) is 1.31. The zero-order valence-electron chi connectivity index (χ0n) is 20.4. The first-order valence-corrected chi connectivity index (χ1v) is 12.5. The van der Waals surface area contributed by atoms with E-state index in [1.54, 1.807) is 38.3 Å². The first-order chi connectivity index (χ1) is 16.4. The van der Waals surface area contributed by atoms with Crippen molar-refractivity contribution >= 4 is 54.9 Å². The third-order valence-electron chi connectivity index (χ3n) is 4.75. The van der Waals surface area contributed by atoms with Gasteiger partial charge in [0.2, 0.25) is 0 Å². The van der Waals surface area contributed by atoms with Crippen molar-refractivity contribution in [1.82, 2.24) is 9.66 Å². The van der Waals surface area contributed by atoms with Crippen molar-refractivity contribution in [3.05, 3.63) is 61.0 Å². The lowest BCUT2D eigenvalue weighted by atomic mass is 9.95. The number of ether oxygens (including phenoxy) is 3. The Morgan fingerprint density at radius 1 is 1.20 bits per heavy atom. The highest BCUT2D eigenvalue weighted by atomic mass is 79.9. The molecule has 0 N–H and O–H groups in total. The number of carbonyl (C=O) groups is 1. The minimum atomic E-state index is -0.482. The largest absolute Gasteiger partial charge is 0.493 e. The molecule has 8 nitrogen and oxygen atoms in total. The van der Waals surface area contributed by atoms with Gasteiger partial charge in [-0.15, -0.1) is 0 Å². The Balaban J connectivity index is 2.01. The van der Waals surface area contributed by atoms with E-state index in [4.69, 9.17) is 19.2 Å². The number of hydrogen-bond donors (Lipinski definition) is 0. The molecular formula is C25H27Br2N3O5. The lowest BCUT2D eigenvalue weighted by molar-refractivity contribution is -0.149. The highest BCUT2D eigenvalue weighted by molar-refractivity contribution is 9.10. The molecule has 0 saturated heterocycles. The maximum Gasteiger partial charge on any atom is 0.344 e. The molecule has 0 aliphatic rings. The van der Waals surface area contributed by atoms with Crippen molar-refractivity contribution < 1.29 is 19.0 Å². The SMILES string of the molecule is COc1cc(C=Nn2c(C(C)(C)C)nc3ccc(Br)cc3c2=O)cc(Br)c1OCC(=O)OC(C)C. The van der Waals surface area contributed by atoms with Crippen molar-refractivity contribution in [2.24, 2.45) is 5.10 Å². The molecule has 35 heavy (non-hydrogen) atoms. The van der Waals surface area contributed by atoms with Gasteiger partial charge in [-0.25, -0.2) is 9.78 Å². The molecule has 1 heterocycles. The Labute approximate surface area is 220 Å². The second-order valence-corrected chi connectivity index (χ2v) is 10.8. The van der Waals surface area contributed by atoms with Gasteiger partial charge in [0.25, 0.3) is 5.56 Å². The van der Waals surface area contributed by atoms with Gasteiger partial charge in [-0.3, -0.25) is 4.79 Å². The average Bonchev–Trinajstić information content (AvgIpc) is 2.76. The molecule has 3 rings (SSSR count). The van der Waals surface area contributed by atoms with Gasteiger partial charge < -0.3 is 14.2 Å². The molecule has 0 radical (unpaired) electrons. The molecule has 3 aromatic rings. The molecule has 186 valence electrons. The van der Waals surface area contributed by atoms with Crippen LogP contribution in [-0.2, 0) is 14.9 Å². The summed E-state index contributed by atoms with van der Waals surface area (Å²) >= 11 is 6.88. The van der Waals surface area contributed by atoms with Gasteiger partial charge in [-0.1, -0.05) is 36.7 Å². The number of benzene rings is 2. The van der Waals surface area contributed by atoms with E-state index in [0.717, 1.165) is 4.47 Å². The van der Waals surface area contributed by atoms with Crippen molar-refractivity contribution in [2.45, 2.75) is 46.1 Å². The first-order valence-electron chi connectivity index (χ1n) is 10.9. The minimum Gasteiger partial charge on any atom is -0.493 e. The molecule has 0 saturated carbocycles. The molecule has 1 aromatic heterocycles. The van der Waals surface area contributed by atoms with E-state index in [1.165, 1.54) is 11.8 Å². The Bertz CT molecular complexity index is 1340. The summed E-state index contributed by atoms with van der Waals surface area (Å²) in [5, 5.41) is 4.94. The Morgan fingerprint density at radius 2 is 1.91 bits per heavy atom. The van der Waals surface area contributed by atoms with Crippen LogP contribution in [0.25, 0.3) is 10.9 Å². The molecule has 0 fully saturated rings. The Kier molecular flexibility index (Phi) is 8.38. The van der Waals surface area contributed by atoms with Crippen LogP contribution >= 0.6 is 31.9 Å². The predicted octanol–water partition coefficient (Wildman–Crippen LogP) is 5.44. The normalized spacial score (nSPS) is 11.9. The van der Waals surface area contributed by atoms with Gasteiger partial charge >= 0.3 is 5.97 Å². The maximum atomic E-state index is 13.3. The van der Waals surface area contributed by atoms with Gasteiger partial charge in [-0.05, 0) is 65.7 Å². The van der Waals surface area contributed by atoms with Crippen LogP contribution in [0.15, 0.2) is 49.2 Å². The lowest BCUT2D eigenvalue weighted by Crippen LogP contribution is -2.29. The Morgan fingerprint density at radius 3 is 2.54 bits per heavy atom. The summed E-state index contributed by atoms with van der Waals surface area (Å²) in [6.45, 7) is 9.19. The van der Waals surface area contributed by atoms with Crippen LogP contribution in [0, 0.1) is 0 Å². The fraction of sp³-hybridized carbons (Fsp3) is 0.360. The molecule has 0 bridgehead atoms. The lowest BCUT2D eigenvalue weighted by Gasteiger charge is -2.21. The number of aromatic nitrogens is 2. The van der Waals surface area contributed by atoms with E-state index in [9.17, 15) is 9.59 Å². The first kappa shape index (κ1) is 26.9. The molecule has 0 aliphatic heterocycles. The van der Waals surface area contributed by atoms with E-state index in [-0.39, 0.29) is 18.3 Å². The highest BCUT2D eigenvalue weighted by Crippen LogP contribution is 2.36. The van der Waals surface area contributed by atoms with Crippen LogP contribution in [0.2, 0.25) is 0 Å². The summed E-state index contributed by atoms with van der Waals surface area (Å²) < 4.78 is 18.8. The molecule has 2 aromatic carbocycles. The van der Waals surface area contributed by atoms with E-state index in [0.29, 0.717) is 38.3 Å². The van der Waals surface area contributed by atoms with Gasteiger partial charge in [0.15, 0.2) is 18.1 Å². The van der Waals surface area contributed by atoms with E-state index in [1.807, 2.05) is 32.9 Å². The highest BCUT2D eigenvalue weighted by Gasteiger charge is 2.23. The second kappa shape index (κ2) is 10.9. The molecule has 0 aliphatic carbocycles. The van der Waals surface area contributed by atoms with Crippen molar-refractivity contribution in [3.63, 3.8) is 0 Å². The summed E-state index contributed by atoms with van der Waals surface area (Å²) in [7, 11) is 1.50. The molecule has 0 atom stereocenters. The molecular weight excluding hydrogens is 582 g/mol. The molecule has 0 amide bonds. The van der Waals surface area contributed by atoms with Crippen molar-refractivity contribution in [2.75, 3.05) is 13.7 Å². The van der Waals surface area contributed by atoms with Gasteiger partial charge in [-0.2, -0.15) is 9.78 Å². The number of methoxy groups -OCH3 is 1. The molecule has 0 unspecified atom stereocenters. The predicted molar refractivity (Wildman–Crippen MR) is 143 cm³/mol. The second-order valence-electron chi connectivity index (χ2n) is 9.07. The molecule has 10 heteroatoms. The van der Waals surface area contributed by atoms with Crippen LogP contribution < -0.4 is 15.0 Å². The summed E-state index contributed by atoms with van der Waals surface area (Å²) in [5.74, 6) is 0.796. The Hall–Kier alpha value is -2.72. The van der Waals surface area contributed by atoms with Gasteiger partial charge in [0, 0.05) is 9.89 Å². The van der Waals surface area contributed by atoms with Crippen molar-refractivity contribution in [1.29, 1.82) is 0 Å². The third-order valence-corrected chi connectivity index (χ3v) is 5.84. The average molecular weight is 609 g/mol. The minimum absolute atomic E-state index is 0.234. The fourth-order valence-corrected chi connectivity index (χ4v) is 4.18. The van der Waals surface area contributed by atoms with Crippen LogP contribution in [0.4, 0.5) is 0 Å². The number of rotatable bonds is 7. The zero-order valence-corrected chi connectivity index (χ0v) is 23.6. The standard InChI is InChI=1S/C25H27Br2N3O5/c1-14(2)35-21(31)13-34-22-18(27)9-15(10-20(22)33-6)12-28-30-23(32)17-11-16(26)7-8-19(17)29-24(30)25(3,4)5/h7-12,14H,13H2,1-6H3. The smallest absolute Gasteiger partial charge is 0.344 e. The van der Waals surface area contributed by atoms with Gasteiger partial charge in [0.1, 0.15) is 5.82 Å². The number of esters is 1. The quantitative estimate of drug-likeness (QED) is 0.262. The summed E-state index contributed by atoms with van der Waals surface area (Å²) in [6, 6.07) is 8.85. The number of carbonyl (C=O) groups excluding carboxylic acids is 1. The van der Waals surface area contributed by atoms with Crippen molar-refractivity contribution in [3.8, 4) is 11.5 Å². The summed E-state index contributed by atoms with van der Waals surface area (Å²) in [5.41, 5.74) is 0.550. The van der Waals surface area contributed by atoms with E-state index in [2.05, 4.69) is 37.0 Å². The number of halogens is 2. The van der Waals surface area contributed by atoms with Crippen LogP contribution in [-0.4, -0.2) is 41.7 Å². The molecule has 0 spiro atoms.